The average Bonchev–Trinajstić information content (AvgIpc) is 3.12. The van der Waals surface area contributed by atoms with Crippen molar-refractivity contribution in [3.8, 4) is 6.07 Å². The van der Waals surface area contributed by atoms with Crippen molar-refractivity contribution in [1.29, 1.82) is 5.26 Å². The largest absolute Gasteiger partial charge is 0.296 e. The minimum atomic E-state index is 0.262. The fourth-order valence-corrected chi connectivity index (χ4v) is 5.78. The molecule has 0 N–H and O–H groups in total. The predicted molar refractivity (Wildman–Crippen MR) is 93.0 cm³/mol. The first-order valence-electron chi connectivity index (χ1n) is 6.06. The molecule has 0 spiro atoms. The van der Waals surface area contributed by atoms with E-state index in [2.05, 4.69) is 27.0 Å². The van der Waals surface area contributed by atoms with E-state index in [4.69, 9.17) is 11.6 Å². The van der Waals surface area contributed by atoms with Crippen molar-refractivity contribution in [2.24, 2.45) is 0 Å². The first kappa shape index (κ1) is 15.0. The Morgan fingerprint density at radius 3 is 3.05 bits per heavy atom. The Kier molecular flexibility index (Phi) is 4.65. The van der Waals surface area contributed by atoms with E-state index in [1.807, 2.05) is 18.2 Å². The molecule has 1 aromatic carbocycles. The Labute approximate surface area is 144 Å². The van der Waals surface area contributed by atoms with Gasteiger partial charge in [-0.2, -0.15) is 5.26 Å². The molecule has 3 nitrogen and oxygen atoms in total. The molecule has 0 radical (unpaired) electrons. The van der Waals surface area contributed by atoms with Crippen molar-refractivity contribution in [3.63, 3.8) is 0 Å². The second-order valence-electron chi connectivity index (χ2n) is 4.30. The van der Waals surface area contributed by atoms with Crippen LogP contribution in [0.1, 0.15) is 10.8 Å². The lowest BCUT2D eigenvalue weighted by Gasteiger charge is -2.10. The highest BCUT2D eigenvalue weighted by Gasteiger charge is 2.27. The minimum Gasteiger partial charge on any atom is -0.296 e. The second kappa shape index (κ2) is 6.49. The van der Waals surface area contributed by atoms with Crippen molar-refractivity contribution in [1.82, 2.24) is 9.55 Å². The highest BCUT2D eigenvalue weighted by atomic mass is 79.9. The van der Waals surface area contributed by atoms with E-state index in [0.29, 0.717) is 5.70 Å². The monoisotopic (exact) mass is 397 g/mol. The summed E-state index contributed by atoms with van der Waals surface area (Å²) in [5, 5.41) is 10.4. The molecule has 106 valence electrons. The zero-order valence-electron chi connectivity index (χ0n) is 10.7. The van der Waals surface area contributed by atoms with Crippen molar-refractivity contribution >= 4 is 56.8 Å². The number of rotatable bonds is 2. The Morgan fingerprint density at radius 2 is 2.38 bits per heavy atom. The van der Waals surface area contributed by atoms with E-state index in [0.717, 1.165) is 25.0 Å². The zero-order chi connectivity index (χ0) is 14.8. The van der Waals surface area contributed by atoms with Crippen molar-refractivity contribution in [2.45, 2.75) is 5.25 Å². The number of aromatic nitrogens is 2. The Balaban J connectivity index is 1.90. The van der Waals surface area contributed by atoms with Gasteiger partial charge in [0.2, 0.25) is 0 Å². The van der Waals surface area contributed by atoms with Crippen LogP contribution in [0, 0.1) is 11.3 Å². The maximum Gasteiger partial charge on any atom is 0.145 e. The SMILES string of the molecule is N#CC(=C1SCC(c2ccc(Br)cc2Cl)S1)n1ccnc1. The van der Waals surface area contributed by atoms with E-state index in [1.54, 1.807) is 46.8 Å². The van der Waals surface area contributed by atoms with Gasteiger partial charge < -0.3 is 0 Å². The smallest absolute Gasteiger partial charge is 0.145 e. The van der Waals surface area contributed by atoms with Gasteiger partial charge in [-0.3, -0.25) is 4.57 Å². The van der Waals surface area contributed by atoms with Crippen LogP contribution >= 0.6 is 51.1 Å². The fraction of sp³-hybridized carbons (Fsp3) is 0.143. The third kappa shape index (κ3) is 3.16. The van der Waals surface area contributed by atoms with Crippen LogP contribution in [0.3, 0.4) is 0 Å². The number of halogens is 2. The summed E-state index contributed by atoms with van der Waals surface area (Å²) in [5.41, 5.74) is 1.73. The summed E-state index contributed by atoms with van der Waals surface area (Å²) in [6.07, 6.45) is 5.10. The molecule has 1 unspecified atom stereocenters. The summed E-state index contributed by atoms with van der Waals surface area (Å²) in [6, 6.07) is 8.20. The van der Waals surface area contributed by atoms with Gasteiger partial charge in [-0.1, -0.05) is 33.6 Å². The van der Waals surface area contributed by atoms with E-state index in [9.17, 15) is 5.26 Å². The van der Waals surface area contributed by atoms with E-state index in [1.165, 1.54) is 0 Å². The number of benzene rings is 1. The molecule has 0 bridgehead atoms. The van der Waals surface area contributed by atoms with E-state index < -0.39 is 0 Å². The van der Waals surface area contributed by atoms with Crippen molar-refractivity contribution in [2.75, 3.05) is 5.75 Å². The molecule has 1 atom stereocenters. The van der Waals surface area contributed by atoms with Crippen LogP contribution in [0.25, 0.3) is 5.70 Å². The minimum absolute atomic E-state index is 0.262. The normalized spacial score (nSPS) is 20.3. The highest BCUT2D eigenvalue weighted by molar-refractivity contribution is 9.10. The fourth-order valence-electron chi connectivity index (χ4n) is 1.99. The molecule has 7 heteroatoms. The summed E-state index contributed by atoms with van der Waals surface area (Å²) in [4.78, 5) is 4.00. The van der Waals surface area contributed by atoms with Gasteiger partial charge in [0.25, 0.3) is 0 Å². The van der Waals surface area contributed by atoms with Gasteiger partial charge in [0.15, 0.2) is 0 Å². The molecule has 0 saturated carbocycles. The number of allylic oxidation sites excluding steroid dienone is 1. The molecule has 1 fully saturated rings. The number of nitrogens with zero attached hydrogens (tertiary/aromatic N) is 3. The summed E-state index contributed by atoms with van der Waals surface area (Å²) in [5.74, 6) is 0.904. The molecule has 1 aliphatic rings. The Bertz CT molecular complexity index is 737. The maximum atomic E-state index is 9.39. The van der Waals surface area contributed by atoms with Crippen LogP contribution in [0.5, 0.6) is 0 Å². The summed E-state index contributed by atoms with van der Waals surface area (Å²) in [7, 11) is 0. The van der Waals surface area contributed by atoms with Gasteiger partial charge in [-0.15, -0.1) is 23.5 Å². The number of nitriles is 1. The number of hydrogen-bond acceptors (Lipinski definition) is 4. The molecule has 3 rings (SSSR count). The van der Waals surface area contributed by atoms with Crippen molar-refractivity contribution in [3.05, 3.63) is 56.2 Å². The van der Waals surface area contributed by atoms with Gasteiger partial charge >= 0.3 is 0 Å². The van der Waals surface area contributed by atoms with Crippen LogP contribution in [0.15, 0.2) is 45.6 Å². The molecule has 2 heterocycles. The van der Waals surface area contributed by atoms with Gasteiger partial charge in [0.1, 0.15) is 11.8 Å². The predicted octanol–water partition coefficient (Wildman–Crippen LogP) is 5.17. The van der Waals surface area contributed by atoms with Crippen LogP contribution in [-0.2, 0) is 0 Å². The van der Waals surface area contributed by atoms with Crippen LogP contribution in [0.4, 0.5) is 0 Å². The number of imidazole rings is 1. The van der Waals surface area contributed by atoms with E-state index in [-0.39, 0.29) is 5.25 Å². The summed E-state index contributed by atoms with van der Waals surface area (Å²) in [6.45, 7) is 0. The Hall–Kier alpha value is -0.870. The highest BCUT2D eigenvalue weighted by Crippen LogP contribution is 2.53. The molecule has 0 amide bonds. The maximum absolute atomic E-state index is 9.39. The lowest BCUT2D eigenvalue weighted by molar-refractivity contribution is 1.10. The second-order valence-corrected chi connectivity index (χ2v) is 8.13. The third-order valence-corrected chi connectivity index (χ3v) is 6.73. The molecule has 1 aromatic heterocycles. The van der Waals surface area contributed by atoms with Gasteiger partial charge in [0.05, 0.1) is 10.6 Å². The standard InChI is InChI=1S/C14H9BrClN3S2/c15-9-1-2-10(11(16)5-9)13-7-20-14(21-13)12(6-17)19-4-3-18-8-19/h1-5,8,13H,7H2. The van der Waals surface area contributed by atoms with Gasteiger partial charge in [-0.25, -0.2) is 4.98 Å². The van der Waals surface area contributed by atoms with Crippen LogP contribution in [0.2, 0.25) is 5.02 Å². The first-order chi connectivity index (χ1) is 10.2. The lowest BCUT2D eigenvalue weighted by atomic mass is 10.2. The summed E-state index contributed by atoms with van der Waals surface area (Å²) >= 11 is 13.1. The molecule has 21 heavy (non-hydrogen) atoms. The molecule has 1 aliphatic heterocycles. The molecule has 2 aromatic rings. The number of hydrogen-bond donors (Lipinski definition) is 0. The molecule has 1 saturated heterocycles. The van der Waals surface area contributed by atoms with Crippen LogP contribution in [-0.4, -0.2) is 15.3 Å². The number of thioether (sulfide) groups is 2. The quantitative estimate of drug-likeness (QED) is 0.654. The van der Waals surface area contributed by atoms with Gasteiger partial charge in [-0.05, 0) is 17.7 Å². The summed E-state index contributed by atoms with van der Waals surface area (Å²) < 4.78 is 3.74. The molecular formula is C14H9BrClN3S2. The van der Waals surface area contributed by atoms with Gasteiger partial charge in [0, 0.05) is 32.9 Å². The average molecular weight is 399 g/mol. The molecular weight excluding hydrogens is 390 g/mol. The lowest BCUT2D eigenvalue weighted by Crippen LogP contribution is -1.93. The zero-order valence-corrected chi connectivity index (χ0v) is 14.6. The molecule has 0 aliphatic carbocycles. The van der Waals surface area contributed by atoms with E-state index >= 15 is 0 Å². The Morgan fingerprint density at radius 1 is 1.52 bits per heavy atom. The van der Waals surface area contributed by atoms with Crippen LogP contribution < -0.4 is 0 Å². The van der Waals surface area contributed by atoms with Crippen molar-refractivity contribution < 1.29 is 0 Å². The first-order valence-corrected chi connectivity index (χ1v) is 9.10. The third-order valence-electron chi connectivity index (χ3n) is 2.99. The topological polar surface area (TPSA) is 41.6 Å².